The van der Waals surface area contributed by atoms with E-state index < -0.39 is 10.0 Å². The largest absolute Gasteiger partial charge is 0.409 e. The lowest BCUT2D eigenvalue weighted by molar-refractivity contribution is 0.318. The Morgan fingerprint density at radius 3 is 2.67 bits per heavy atom. The van der Waals surface area contributed by atoms with Crippen LogP contribution in [0.4, 0.5) is 5.69 Å². The number of hydrogen-bond acceptors (Lipinski definition) is 5. The second-order valence-corrected chi connectivity index (χ2v) is 7.75. The number of benzene rings is 1. The van der Waals surface area contributed by atoms with Crippen molar-refractivity contribution < 1.29 is 13.6 Å². The van der Waals surface area contributed by atoms with Crippen molar-refractivity contribution in [2.75, 3.05) is 4.72 Å². The van der Waals surface area contributed by atoms with E-state index in [4.69, 9.17) is 22.5 Å². The average molecular weight is 346 g/mol. The molecule has 6 nitrogen and oxygen atoms in total. The van der Waals surface area contributed by atoms with Gasteiger partial charge >= 0.3 is 0 Å². The van der Waals surface area contributed by atoms with Crippen molar-refractivity contribution in [1.82, 2.24) is 0 Å². The minimum absolute atomic E-state index is 0.140. The lowest BCUT2D eigenvalue weighted by Crippen LogP contribution is -2.15. The van der Waals surface area contributed by atoms with E-state index in [-0.39, 0.29) is 20.8 Å². The van der Waals surface area contributed by atoms with E-state index in [9.17, 15) is 8.42 Å². The quantitative estimate of drug-likeness (QED) is 0.343. The summed E-state index contributed by atoms with van der Waals surface area (Å²) in [5.41, 5.74) is 5.98. The molecule has 112 valence electrons. The Morgan fingerprint density at radius 1 is 1.38 bits per heavy atom. The highest BCUT2D eigenvalue weighted by molar-refractivity contribution is 7.94. The van der Waals surface area contributed by atoms with Crippen LogP contribution >= 0.6 is 22.9 Å². The molecule has 0 aliphatic carbocycles. The van der Waals surface area contributed by atoms with Crippen LogP contribution in [0.1, 0.15) is 10.4 Å². The summed E-state index contributed by atoms with van der Waals surface area (Å²) < 4.78 is 27.1. The molecule has 2 aromatic rings. The summed E-state index contributed by atoms with van der Waals surface area (Å²) in [5.74, 6) is -0.140. The first-order valence-electron chi connectivity index (χ1n) is 5.70. The van der Waals surface area contributed by atoms with Crippen LogP contribution in [0.5, 0.6) is 0 Å². The second kappa shape index (κ2) is 5.92. The second-order valence-electron chi connectivity index (χ2n) is 4.15. The van der Waals surface area contributed by atoms with Crippen molar-refractivity contribution in [3.8, 4) is 0 Å². The van der Waals surface area contributed by atoms with Gasteiger partial charge in [-0.05, 0) is 37.3 Å². The summed E-state index contributed by atoms with van der Waals surface area (Å²) in [5, 5.41) is 11.7. The number of amidine groups is 1. The van der Waals surface area contributed by atoms with E-state index in [1.165, 1.54) is 24.3 Å². The summed E-state index contributed by atoms with van der Waals surface area (Å²) in [6.45, 7) is 1.82. The maximum absolute atomic E-state index is 12.2. The fourth-order valence-corrected chi connectivity index (χ4v) is 4.15. The number of nitrogens with two attached hydrogens (primary N) is 1. The molecular formula is C12H12ClN3O3S2. The van der Waals surface area contributed by atoms with E-state index in [0.717, 1.165) is 16.2 Å². The highest BCUT2D eigenvalue weighted by atomic mass is 35.5. The van der Waals surface area contributed by atoms with Gasteiger partial charge in [-0.3, -0.25) is 4.72 Å². The first-order valence-corrected chi connectivity index (χ1v) is 8.38. The van der Waals surface area contributed by atoms with Crippen LogP contribution in [0.15, 0.2) is 39.7 Å². The maximum atomic E-state index is 12.2. The van der Waals surface area contributed by atoms with Gasteiger partial charge < -0.3 is 10.9 Å². The van der Waals surface area contributed by atoms with Gasteiger partial charge in [-0.2, -0.15) is 0 Å². The fourth-order valence-electron chi connectivity index (χ4n) is 1.57. The molecule has 0 amide bonds. The molecular weight excluding hydrogens is 334 g/mol. The van der Waals surface area contributed by atoms with Crippen molar-refractivity contribution >= 4 is 44.5 Å². The first kappa shape index (κ1) is 15.6. The average Bonchev–Trinajstić information content (AvgIpc) is 2.87. The van der Waals surface area contributed by atoms with Gasteiger partial charge in [0.2, 0.25) is 0 Å². The molecule has 21 heavy (non-hydrogen) atoms. The summed E-state index contributed by atoms with van der Waals surface area (Å²) >= 11 is 7.13. The molecule has 0 atom stereocenters. The molecule has 1 aromatic carbocycles. The highest BCUT2D eigenvalue weighted by Gasteiger charge is 2.18. The molecule has 0 aliphatic rings. The Morgan fingerprint density at radius 2 is 2.10 bits per heavy atom. The standard InChI is InChI=1S/C12H12ClN3O3S2/c1-7-2-5-11(20-7)21(18,19)16-10-6-8(12(14)15-17)3-4-9(10)13/h2-6,16-17H,1H3,(H2,14,15). The van der Waals surface area contributed by atoms with Gasteiger partial charge in [0.25, 0.3) is 10.0 Å². The Bertz CT molecular complexity index is 800. The molecule has 0 fully saturated rings. The number of sulfonamides is 1. The Hall–Kier alpha value is -1.77. The van der Waals surface area contributed by atoms with Crippen molar-refractivity contribution in [1.29, 1.82) is 0 Å². The minimum atomic E-state index is -3.72. The van der Waals surface area contributed by atoms with Crippen molar-refractivity contribution in [2.45, 2.75) is 11.1 Å². The van der Waals surface area contributed by atoms with Crippen LogP contribution in [-0.4, -0.2) is 19.5 Å². The molecule has 0 aliphatic heterocycles. The SMILES string of the molecule is Cc1ccc(S(=O)(=O)Nc2cc(/C(N)=N/O)ccc2Cl)s1. The van der Waals surface area contributed by atoms with Gasteiger partial charge in [-0.25, -0.2) is 8.42 Å². The molecule has 0 saturated carbocycles. The van der Waals surface area contributed by atoms with Gasteiger partial charge in [0.05, 0.1) is 10.7 Å². The number of rotatable bonds is 4. The predicted molar refractivity (Wildman–Crippen MR) is 83.8 cm³/mol. The van der Waals surface area contributed by atoms with Gasteiger partial charge in [0.15, 0.2) is 5.84 Å². The van der Waals surface area contributed by atoms with Gasteiger partial charge in [0.1, 0.15) is 4.21 Å². The summed E-state index contributed by atoms with van der Waals surface area (Å²) in [7, 11) is -3.72. The Labute approximate surface area is 130 Å². The van der Waals surface area contributed by atoms with E-state index >= 15 is 0 Å². The molecule has 9 heteroatoms. The van der Waals surface area contributed by atoms with Crippen LogP contribution in [0.2, 0.25) is 5.02 Å². The van der Waals surface area contributed by atoms with Crippen molar-refractivity contribution in [3.63, 3.8) is 0 Å². The van der Waals surface area contributed by atoms with E-state index in [1.807, 2.05) is 6.92 Å². The lowest BCUT2D eigenvalue weighted by Gasteiger charge is -2.09. The monoisotopic (exact) mass is 345 g/mol. The smallest absolute Gasteiger partial charge is 0.271 e. The zero-order valence-corrected chi connectivity index (χ0v) is 13.3. The molecule has 4 N–H and O–H groups in total. The zero-order chi connectivity index (χ0) is 15.6. The lowest BCUT2D eigenvalue weighted by atomic mass is 10.2. The number of halogens is 1. The van der Waals surface area contributed by atoms with E-state index in [0.29, 0.717) is 5.56 Å². The molecule has 0 unspecified atom stereocenters. The number of aryl methyl sites for hydroxylation is 1. The molecule has 0 saturated heterocycles. The topological polar surface area (TPSA) is 105 Å². The number of thiophene rings is 1. The highest BCUT2D eigenvalue weighted by Crippen LogP contribution is 2.28. The number of nitrogens with zero attached hydrogens (tertiary/aromatic N) is 1. The summed E-state index contributed by atoms with van der Waals surface area (Å²) in [4.78, 5) is 0.881. The van der Waals surface area contributed by atoms with Gasteiger partial charge in [-0.1, -0.05) is 16.8 Å². The molecule has 1 heterocycles. The number of nitrogens with one attached hydrogen (secondary N) is 1. The molecule has 1 aromatic heterocycles. The van der Waals surface area contributed by atoms with Crippen LogP contribution < -0.4 is 10.5 Å². The van der Waals surface area contributed by atoms with Crippen molar-refractivity contribution in [3.05, 3.63) is 45.8 Å². The maximum Gasteiger partial charge on any atom is 0.271 e. The Balaban J connectivity index is 2.39. The normalized spacial score (nSPS) is 12.4. The molecule has 2 rings (SSSR count). The number of hydrogen-bond donors (Lipinski definition) is 3. The Kier molecular flexibility index (Phi) is 4.40. The summed E-state index contributed by atoms with van der Waals surface area (Å²) in [6, 6.07) is 7.61. The van der Waals surface area contributed by atoms with Gasteiger partial charge in [0, 0.05) is 10.4 Å². The zero-order valence-electron chi connectivity index (χ0n) is 10.9. The van der Waals surface area contributed by atoms with E-state index in [1.54, 1.807) is 6.07 Å². The van der Waals surface area contributed by atoms with Crippen LogP contribution in [0.3, 0.4) is 0 Å². The fraction of sp³-hybridized carbons (Fsp3) is 0.0833. The minimum Gasteiger partial charge on any atom is -0.409 e. The molecule has 0 radical (unpaired) electrons. The first-order chi connectivity index (χ1) is 9.83. The molecule has 0 bridgehead atoms. The predicted octanol–water partition coefficient (Wildman–Crippen LogP) is 2.61. The summed E-state index contributed by atoms with van der Waals surface area (Å²) in [6.07, 6.45) is 0. The third-order valence-electron chi connectivity index (χ3n) is 2.59. The van der Waals surface area contributed by atoms with Gasteiger partial charge in [-0.15, -0.1) is 11.3 Å². The third kappa shape index (κ3) is 3.46. The van der Waals surface area contributed by atoms with E-state index in [2.05, 4.69) is 9.88 Å². The number of anilines is 1. The van der Waals surface area contributed by atoms with Crippen LogP contribution in [0, 0.1) is 6.92 Å². The van der Waals surface area contributed by atoms with Crippen molar-refractivity contribution in [2.24, 2.45) is 10.9 Å². The third-order valence-corrected chi connectivity index (χ3v) is 5.78. The number of oxime groups is 1. The molecule has 0 spiro atoms. The van der Waals surface area contributed by atoms with Crippen LogP contribution in [0.25, 0.3) is 0 Å². The van der Waals surface area contributed by atoms with Crippen LogP contribution in [-0.2, 0) is 10.0 Å².